The van der Waals surface area contributed by atoms with E-state index >= 15 is 0 Å². The van der Waals surface area contributed by atoms with E-state index in [1.165, 1.54) is 6.07 Å². The van der Waals surface area contributed by atoms with Gasteiger partial charge >= 0.3 is 0 Å². The Kier molecular flexibility index (Phi) is 4.42. The van der Waals surface area contributed by atoms with E-state index in [2.05, 4.69) is 15.3 Å². The maximum Gasteiger partial charge on any atom is 0.260 e. The summed E-state index contributed by atoms with van der Waals surface area (Å²) in [5.74, 6) is -1.23. The van der Waals surface area contributed by atoms with Crippen LogP contribution in [0.25, 0.3) is 0 Å². The lowest BCUT2D eigenvalue weighted by Crippen LogP contribution is -2.15. The molecule has 2 rings (SSSR count). The second-order valence-electron chi connectivity index (χ2n) is 3.83. The number of carbonyl (C=O) groups is 1. The van der Waals surface area contributed by atoms with Crippen molar-refractivity contribution in [3.63, 3.8) is 0 Å². The highest BCUT2D eigenvalue weighted by Crippen LogP contribution is 2.26. The predicted molar refractivity (Wildman–Crippen MR) is 76.2 cm³/mol. The van der Waals surface area contributed by atoms with E-state index in [-0.39, 0.29) is 21.6 Å². The molecule has 2 aromatic heterocycles. The first-order valence-electron chi connectivity index (χ1n) is 5.33. The molecule has 1 amide bonds. The van der Waals surface area contributed by atoms with Gasteiger partial charge in [0.05, 0.1) is 27.5 Å². The number of carbonyl (C=O) groups excluding carboxylic acids is 1. The molecule has 0 aliphatic carbocycles. The van der Waals surface area contributed by atoms with E-state index in [0.717, 1.165) is 12.3 Å². The van der Waals surface area contributed by atoms with Crippen molar-refractivity contribution >= 4 is 46.5 Å². The minimum Gasteiger partial charge on any atom is -0.305 e. The highest BCUT2D eigenvalue weighted by atomic mass is 35.5. The van der Waals surface area contributed by atoms with Gasteiger partial charge in [0.1, 0.15) is 11.0 Å². The molecule has 2 aromatic rings. The minimum atomic E-state index is -0.675. The monoisotopic (exact) mass is 333 g/mol. The van der Waals surface area contributed by atoms with Gasteiger partial charge in [0.25, 0.3) is 5.91 Å². The fourth-order valence-electron chi connectivity index (χ4n) is 1.40. The van der Waals surface area contributed by atoms with Crippen LogP contribution >= 0.6 is 34.8 Å². The first-order chi connectivity index (χ1) is 9.38. The van der Waals surface area contributed by atoms with Gasteiger partial charge in [-0.1, -0.05) is 34.8 Å². The number of hydrogen-bond acceptors (Lipinski definition) is 3. The average Bonchev–Trinajstić information content (AvgIpc) is 2.38. The Morgan fingerprint density at radius 3 is 2.65 bits per heavy atom. The quantitative estimate of drug-likeness (QED) is 0.840. The third-order valence-corrected chi connectivity index (χ3v) is 3.36. The summed E-state index contributed by atoms with van der Waals surface area (Å²) in [5.41, 5.74) is 0.381. The Bertz CT molecular complexity index is 694. The predicted octanol–water partition coefficient (Wildman–Crippen LogP) is 4.14. The van der Waals surface area contributed by atoms with Crippen LogP contribution in [-0.4, -0.2) is 15.9 Å². The molecular formula is C12H7Cl3FN3O. The molecule has 0 bridgehead atoms. The van der Waals surface area contributed by atoms with Gasteiger partial charge in [-0.05, 0) is 19.1 Å². The van der Waals surface area contributed by atoms with E-state index in [0.29, 0.717) is 10.7 Å². The molecule has 0 fully saturated rings. The van der Waals surface area contributed by atoms with Gasteiger partial charge in [0.2, 0.25) is 0 Å². The van der Waals surface area contributed by atoms with Crippen molar-refractivity contribution in [1.29, 1.82) is 0 Å². The van der Waals surface area contributed by atoms with Gasteiger partial charge in [0, 0.05) is 0 Å². The Hall–Kier alpha value is -1.43. The summed E-state index contributed by atoms with van der Waals surface area (Å²) in [6.45, 7) is 1.66. The summed E-state index contributed by atoms with van der Waals surface area (Å²) in [5, 5.41) is 2.85. The summed E-state index contributed by atoms with van der Waals surface area (Å²) in [6, 6.07) is 2.42. The average molecular weight is 335 g/mol. The Balaban J connectivity index is 2.32. The molecule has 0 aromatic carbocycles. The lowest BCUT2D eigenvalue weighted by molar-refractivity contribution is 0.102. The largest absolute Gasteiger partial charge is 0.305 e. The van der Waals surface area contributed by atoms with Crippen LogP contribution in [0.3, 0.4) is 0 Å². The molecule has 0 saturated heterocycles. The second kappa shape index (κ2) is 5.91. The number of rotatable bonds is 2. The molecule has 0 aliphatic rings. The van der Waals surface area contributed by atoms with Gasteiger partial charge in [0.15, 0.2) is 5.82 Å². The molecule has 4 nitrogen and oxygen atoms in total. The molecule has 0 radical (unpaired) electrons. The van der Waals surface area contributed by atoms with Crippen molar-refractivity contribution in [2.45, 2.75) is 6.92 Å². The van der Waals surface area contributed by atoms with Crippen LogP contribution in [-0.2, 0) is 0 Å². The van der Waals surface area contributed by atoms with Crippen molar-refractivity contribution in [1.82, 2.24) is 9.97 Å². The fourth-order valence-corrected chi connectivity index (χ4v) is 2.00. The minimum absolute atomic E-state index is 0.110. The van der Waals surface area contributed by atoms with Gasteiger partial charge in [-0.15, -0.1) is 0 Å². The van der Waals surface area contributed by atoms with E-state index in [1.54, 1.807) is 6.92 Å². The van der Waals surface area contributed by atoms with Crippen LogP contribution in [0, 0.1) is 12.7 Å². The second-order valence-corrected chi connectivity index (χ2v) is 5.00. The molecule has 0 unspecified atom stereocenters. The number of aryl methyl sites for hydroxylation is 1. The molecule has 0 atom stereocenters. The first-order valence-corrected chi connectivity index (χ1v) is 6.47. The maximum atomic E-state index is 13.1. The van der Waals surface area contributed by atoms with Crippen LogP contribution in [0.15, 0.2) is 18.3 Å². The van der Waals surface area contributed by atoms with Gasteiger partial charge in [-0.3, -0.25) is 4.79 Å². The highest BCUT2D eigenvalue weighted by Gasteiger charge is 2.16. The van der Waals surface area contributed by atoms with Crippen molar-refractivity contribution in [3.8, 4) is 0 Å². The van der Waals surface area contributed by atoms with E-state index < -0.39 is 11.7 Å². The Morgan fingerprint density at radius 1 is 1.25 bits per heavy atom. The van der Waals surface area contributed by atoms with Crippen LogP contribution in [0.1, 0.15) is 16.1 Å². The molecule has 0 spiro atoms. The van der Waals surface area contributed by atoms with Crippen LogP contribution in [0.2, 0.25) is 15.2 Å². The normalized spacial score (nSPS) is 10.4. The highest BCUT2D eigenvalue weighted by molar-refractivity contribution is 6.37. The molecule has 1 N–H and O–H groups in total. The third kappa shape index (κ3) is 3.17. The summed E-state index contributed by atoms with van der Waals surface area (Å²) in [4.78, 5) is 19.6. The lowest BCUT2D eigenvalue weighted by atomic mass is 10.2. The zero-order chi connectivity index (χ0) is 14.9. The first kappa shape index (κ1) is 15.0. The van der Waals surface area contributed by atoms with Gasteiger partial charge in [-0.2, -0.15) is 0 Å². The number of amides is 1. The van der Waals surface area contributed by atoms with E-state index in [1.807, 2.05) is 0 Å². The standard InChI is InChI=1S/C12H7Cl3FN3O/c1-5-8(13)3-9(14)11(18-5)19-12(20)7-2-6(16)4-17-10(7)15/h2-4H,1H3,(H,18,19,20). The van der Waals surface area contributed by atoms with E-state index in [9.17, 15) is 9.18 Å². The summed E-state index contributed by atoms with van der Waals surface area (Å²) >= 11 is 17.5. The number of halogens is 4. The number of nitrogens with zero attached hydrogens (tertiary/aromatic N) is 2. The fraction of sp³-hybridized carbons (Fsp3) is 0.0833. The summed E-state index contributed by atoms with van der Waals surface area (Å²) in [6.07, 6.45) is 0.913. The number of anilines is 1. The zero-order valence-corrected chi connectivity index (χ0v) is 12.3. The van der Waals surface area contributed by atoms with Crippen molar-refractivity contribution < 1.29 is 9.18 Å². The smallest absolute Gasteiger partial charge is 0.260 e. The number of nitrogens with one attached hydrogen (secondary N) is 1. The van der Waals surface area contributed by atoms with Crippen LogP contribution in [0.5, 0.6) is 0 Å². The molecule has 2 heterocycles. The molecule has 104 valence electrons. The van der Waals surface area contributed by atoms with Crippen LogP contribution in [0.4, 0.5) is 10.2 Å². The van der Waals surface area contributed by atoms with Crippen molar-refractivity contribution in [2.24, 2.45) is 0 Å². The molecule has 0 saturated carbocycles. The molecular weight excluding hydrogens is 328 g/mol. The zero-order valence-electron chi connectivity index (χ0n) is 10.0. The Morgan fingerprint density at radius 2 is 1.95 bits per heavy atom. The van der Waals surface area contributed by atoms with Crippen molar-refractivity contribution in [3.05, 3.63) is 50.6 Å². The number of aromatic nitrogens is 2. The van der Waals surface area contributed by atoms with Crippen LogP contribution < -0.4 is 5.32 Å². The molecule has 8 heteroatoms. The SMILES string of the molecule is Cc1nc(NC(=O)c2cc(F)cnc2Cl)c(Cl)cc1Cl. The Labute approximate surface area is 128 Å². The molecule has 0 aliphatic heterocycles. The van der Waals surface area contributed by atoms with Gasteiger partial charge < -0.3 is 5.32 Å². The maximum absolute atomic E-state index is 13.1. The number of hydrogen-bond donors (Lipinski definition) is 1. The third-order valence-electron chi connectivity index (χ3n) is 2.39. The van der Waals surface area contributed by atoms with Crippen molar-refractivity contribution in [2.75, 3.05) is 5.32 Å². The van der Waals surface area contributed by atoms with Gasteiger partial charge in [-0.25, -0.2) is 14.4 Å². The lowest BCUT2D eigenvalue weighted by Gasteiger charge is -2.09. The summed E-state index contributed by atoms with van der Waals surface area (Å²) < 4.78 is 13.1. The topological polar surface area (TPSA) is 54.9 Å². The molecule has 20 heavy (non-hydrogen) atoms. The number of pyridine rings is 2. The summed E-state index contributed by atoms with van der Waals surface area (Å²) in [7, 11) is 0. The van der Waals surface area contributed by atoms with E-state index in [4.69, 9.17) is 34.8 Å².